The normalized spacial score (nSPS) is 17.1. The molecule has 3 aromatic rings. The molecule has 1 atom stereocenters. The number of hydrogen-bond donors (Lipinski definition) is 2. The Bertz CT molecular complexity index is 1460. The van der Waals surface area contributed by atoms with Gasteiger partial charge in [0.1, 0.15) is 11.5 Å². The first-order valence-corrected chi connectivity index (χ1v) is 12.8. The first kappa shape index (κ1) is 27.6. The van der Waals surface area contributed by atoms with E-state index in [2.05, 4.69) is 20.8 Å². The molecule has 1 saturated heterocycles. The van der Waals surface area contributed by atoms with Crippen molar-refractivity contribution in [1.29, 1.82) is 0 Å². The molecule has 0 saturated carbocycles. The van der Waals surface area contributed by atoms with Gasteiger partial charge in [0.05, 0.1) is 23.3 Å². The van der Waals surface area contributed by atoms with Gasteiger partial charge in [0, 0.05) is 11.3 Å². The minimum atomic E-state index is -0.961. The van der Waals surface area contributed by atoms with E-state index in [0.29, 0.717) is 22.4 Å². The molecule has 7 heteroatoms. The number of amides is 1. The van der Waals surface area contributed by atoms with Crippen molar-refractivity contribution in [2.45, 2.75) is 59.1 Å². The fraction of sp³-hybridized carbons (Fsp3) is 0.281. The van der Waals surface area contributed by atoms with Crippen molar-refractivity contribution in [3.63, 3.8) is 0 Å². The third-order valence-electron chi connectivity index (χ3n) is 6.74. The molecule has 1 heterocycles. The number of aliphatic hydroxyl groups excluding tert-OH is 1. The van der Waals surface area contributed by atoms with Crippen LogP contribution in [0.5, 0.6) is 5.75 Å². The van der Waals surface area contributed by atoms with Crippen molar-refractivity contribution in [3.05, 3.63) is 100 Å². The molecule has 1 amide bonds. The first-order valence-electron chi connectivity index (χ1n) is 12.8. The molecule has 202 valence electrons. The molecule has 0 aromatic heterocycles. The summed E-state index contributed by atoms with van der Waals surface area (Å²) in [5.41, 5.74) is 3.14. The summed E-state index contributed by atoms with van der Waals surface area (Å²) in [7, 11) is 0. The predicted molar refractivity (Wildman–Crippen MR) is 150 cm³/mol. The average molecular weight is 528 g/mol. The Balaban J connectivity index is 1.89. The zero-order valence-corrected chi connectivity index (χ0v) is 23.0. The van der Waals surface area contributed by atoms with Crippen LogP contribution in [0.2, 0.25) is 0 Å². The van der Waals surface area contributed by atoms with Crippen LogP contribution >= 0.6 is 0 Å². The second-order valence-corrected chi connectivity index (χ2v) is 11.0. The Morgan fingerprint density at radius 1 is 0.949 bits per heavy atom. The van der Waals surface area contributed by atoms with Gasteiger partial charge in [0.25, 0.3) is 11.7 Å². The van der Waals surface area contributed by atoms with Crippen LogP contribution in [0.3, 0.4) is 0 Å². The average Bonchev–Trinajstić information content (AvgIpc) is 3.13. The van der Waals surface area contributed by atoms with Crippen molar-refractivity contribution < 1.29 is 29.3 Å². The minimum absolute atomic E-state index is 0.0254. The maximum absolute atomic E-state index is 13.5. The van der Waals surface area contributed by atoms with E-state index in [1.165, 1.54) is 29.2 Å². The molecule has 1 unspecified atom stereocenters. The summed E-state index contributed by atoms with van der Waals surface area (Å²) in [5.74, 6) is -2.37. The number of ketones is 1. The fourth-order valence-electron chi connectivity index (χ4n) is 4.60. The molecular weight excluding hydrogens is 494 g/mol. The number of phenolic OH excluding ortho intramolecular Hbond substituents is 1. The SMILES string of the molecule is Cc1ccc(C(C)(C)C)cc1/C(O)=C1\C(=O)C(=O)N(c2ccc(C(=O)OC(C)C)cc2)C1c1ccc(O)cc1. The van der Waals surface area contributed by atoms with Crippen LogP contribution in [0.25, 0.3) is 5.76 Å². The van der Waals surface area contributed by atoms with E-state index in [0.717, 1.165) is 11.1 Å². The highest BCUT2D eigenvalue weighted by Crippen LogP contribution is 2.43. The Morgan fingerprint density at radius 3 is 2.13 bits per heavy atom. The van der Waals surface area contributed by atoms with Crippen LogP contribution in [-0.4, -0.2) is 34.0 Å². The molecule has 2 N–H and O–H groups in total. The van der Waals surface area contributed by atoms with Gasteiger partial charge in [0.15, 0.2) is 0 Å². The number of carbonyl (C=O) groups excluding carboxylic acids is 3. The third kappa shape index (κ3) is 5.43. The number of hydrogen-bond acceptors (Lipinski definition) is 6. The number of benzene rings is 3. The number of aryl methyl sites for hydroxylation is 1. The van der Waals surface area contributed by atoms with Crippen LogP contribution in [-0.2, 0) is 19.7 Å². The summed E-state index contributed by atoms with van der Waals surface area (Å²) < 4.78 is 5.25. The molecule has 0 radical (unpaired) electrons. The van der Waals surface area contributed by atoms with Crippen molar-refractivity contribution in [3.8, 4) is 5.75 Å². The summed E-state index contributed by atoms with van der Waals surface area (Å²) in [6, 6.07) is 17.1. The number of ether oxygens (including phenoxy) is 1. The van der Waals surface area contributed by atoms with E-state index in [1.807, 2.05) is 25.1 Å². The second-order valence-electron chi connectivity index (χ2n) is 11.0. The lowest BCUT2D eigenvalue weighted by Gasteiger charge is -2.26. The van der Waals surface area contributed by atoms with E-state index >= 15 is 0 Å². The summed E-state index contributed by atoms with van der Waals surface area (Å²) in [6.45, 7) is 11.5. The number of rotatable bonds is 5. The van der Waals surface area contributed by atoms with Crippen LogP contribution in [0.4, 0.5) is 5.69 Å². The molecule has 7 nitrogen and oxygen atoms in total. The molecule has 1 aliphatic heterocycles. The number of esters is 1. The van der Waals surface area contributed by atoms with Gasteiger partial charge in [-0.15, -0.1) is 0 Å². The van der Waals surface area contributed by atoms with Crippen LogP contribution in [0.1, 0.15) is 73.3 Å². The van der Waals surface area contributed by atoms with Gasteiger partial charge in [-0.2, -0.15) is 0 Å². The first-order chi connectivity index (χ1) is 18.3. The van der Waals surface area contributed by atoms with Crippen molar-refractivity contribution >= 4 is 29.1 Å². The number of nitrogens with zero attached hydrogens (tertiary/aromatic N) is 1. The Labute approximate surface area is 228 Å². The van der Waals surface area contributed by atoms with Gasteiger partial charge < -0.3 is 14.9 Å². The molecule has 1 fully saturated rings. The van der Waals surface area contributed by atoms with Gasteiger partial charge in [-0.3, -0.25) is 14.5 Å². The number of phenols is 1. The lowest BCUT2D eigenvalue weighted by Crippen LogP contribution is -2.29. The smallest absolute Gasteiger partial charge is 0.338 e. The summed E-state index contributed by atoms with van der Waals surface area (Å²) >= 11 is 0. The molecule has 0 aliphatic carbocycles. The van der Waals surface area contributed by atoms with Crippen molar-refractivity contribution in [1.82, 2.24) is 0 Å². The minimum Gasteiger partial charge on any atom is -0.508 e. The molecule has 0 spiro atoms. The Hall–Kier alpha value is -4.39. The molecular formula is C32H33NO6. The maximum Gasteiger partial charge on any atom is 0.338 e. The monoisotopic (exact) mass is 527 g/mol. The van der Waals surface area contributed by atoms with Gasteiger partial charge >= 0.3 is 5.97 Å². The van der Waals surface area contributed by atoms with Crippen LogP contribution in [0.15, 0.2) is 72.3 Å². The van der Waals surface area contributed by atoms with Crippen molar-refractivity contribution in [2.75, 3.05) is 4.90 Å². The van der Waals surface area contributed by atoms with Crippen molar-refractivity contribution in [2.24, 2.45) is 0 Å². The van der Waals surface area contributed by atoms with E-state index in [1.54, 1.807) is 38.1 Å². The number of aromatic hydroxyl groups is 1. The molecule has 1 aliphatic rings. The van der Waals surface area contributed by atoms with E-state index < -0.39 is 23.7 Å². The standard InChI is InChI=1S/C32H33NO6/c1-18(2)39-31(38)21-8-13-23(14-9-21)33-27(20-10-15-24(34)16-11-20)26(29(36)30(33)37)28(35)25-17-22(32(4,5)6)12-7-19(25)3/h7-18,27,34-35H,1-6H3/b28-26+. The largest absolute Gasteiger partial charge is 0.508 e. The highest BCUT2D eigenvalue weighted by Gasteiger charge is 2.47. The number of aliphatic hydroxyl groups is 1. The second kappa shape index (κ2) is 10.4. The van der Waals surface area contributed by atoms with Gasteiger partial charge in [-0.05, 0) is 85.3 Å². The topological polar surface area (TPSA) is 104 Å². The van der Waals surface area contributed by atoms with Crippen LogP contribution in [0, 0.1) is 6.92 Å². The fourth-order valence-corrected chi connectivity index (χ4v) is 4.60. The van der Waals surface area contributed by atoms with Crippen LogP contribution < -0.4 is 4.90 Å². The highest BCUT2D eigenvalue weighted by atomic mass is 16.5. The van der Waals surface area contributed by atoms with Gasteiger partial charge in [-0.25, -0.2) is 4.79 Å². The predicted octanol–water partition coefficient (Wildman–Crippen LogP) is 6.19. The van der Waals surface area contributed by atoms with E-state index in [9.17, 15) is 24.6 Å². The number of carbonyl (C=O) groups is 3. The Morgan fingerprint density at radius 2 is 1.56 bits per heavy atom. The zero-order valence-electron chi connectivity index (χ0n) is 23.0. The van der Waals surface area contributed by atoms with E-state index in [-0.39, 0.29) is 28.6 Å². The summed E-state index contributed by atoms with van der Waals surface area (Å²) in [4.78, 5) is 40.6. The summed E-state index contributed by atoms with van der Waals surface area (Å²) in [6.07, 6.45) is -0.287. The lowest BCUT2D eigenvalue weighted by molar-refractivity contribution is -0.132. The van der Waals surface area contributed by atoms with E-state index in [4.69, 9.17) is 4.74 Å². The number of Topliss-reactive ketones (excluding diaryl/α,β-unsaturated/α-hetero) is 1. The lowest BCUT2D eigenvalue weighted by atomic mass is 9.84. The molecule has 4 rings (SSSR count). The maximum atomic E-state index is 13.5. The Kier molecular flexibility index (Phi) is 7.37. The quantitative estimate of drug-likeness (QED) is 0.177. The molecule has 3 aromatic carbocycles. The number of anilines is 1. The van der Waals surface area contributed by atoms with Gasteiger partial charge in [0.2, 0.25) is 0 Å². The highest BCUT2D eigenvalue weighted by molar-refractivity contribution is 6.51. The van der Waals surface area contributed by atoms with Gasteiger partial charge in [-0.1, -0.05) is 45.0 Å². The third-order valence-corrected chi connectivity index (χ3v) is 6.74. The summed E-state index contributed by atoms with van der Waals surface area (Å²) in [5, 5.41) is 21.5. The molecule has 0 bridgehead atoms. The molecule has 39 heavy (non-hydrogen) atoms. The zero-order chi connectivity index (χ0) is 28.6.